The molecule has 0 atom stereocenters. The van der Waals surface area contributed by atoms with E-state index >= 15 is 0 Å². The third-order valence-electron chi connectivity index (χ3n) is 4.13. The number of aromatic nitrogens is 5. The highest BCUT2D eigenvalue weighted by atomic mass is 35.5. The van der Waals surface area contributed by atoms with E-state index in [0.717, 1.165) is 25.1 Å². The first-order valence-corrected chi connectivity index (χ1v) is 7.73. The Bertz CT molecular complexity index is 922. The lowest BCUT2D eigenvalue weighted by Gasteiger charge is -2.02. The number of rotatable bonds is 3. The summed E-state index contributed by atoms with van der Waals surface area (Å²) in [5, 5.41) is 18.9. The maximum Gasteiger partial charge on any atom is 0.338 e. The van der Waals surface area contributed by atoms with Crippen LogP contribution in [0.3, 0.4) is 0 Å². The molecule has 23 heavy (non-hydrogen) atoms. The van der Waals surface area contributed by atoms with Crippen molar-refractivity contribution in [1.29, 1.82) is 0 Å². The zero-order chi connectivity index (χ0) is 16.1. The van der Waals surface area contributed by atoms with Crippen molar-refractivity contribution in [2.45, 2.75) is 32.9 Å². The van der Waals surface area contributed by atoms with Gasteiger partial charge in [-0.2, -0.15) is 10.2 Å². The summed E-state index contributed by atoms with van der Waals surface area (Å²) in [5.41, 5.74) is 3.39. The van der Waals surface area contributed by atoms with Crippen LogP contribution in [0.1, 0.15) is 33.9 Å². The van der Waals surface area contributed by atoms with Gasteiger partial charge in [-0.25, -0.2) is 14.5 Å². The molecule has 118 valence electrons. The normalized spacial score (nSPS) is 13.7. The number of carboxylic acid groups (broad SMARTS) is 1. The summed E-state index contributed by atoms with van der Waals surface area (Å²) in [6, 6.07) is 2.09. The topological polar surface area (TPSA) is 85.8 Å². The fourth-order valence-electron chi connectivity index (χ4n) is 3.08. The van der Waals surface area contributed by atoms with Crippen molar-refractivity contribution in [1.82, 2.24) is 24.5 Å². The Morgan fingerprint density at radius 2 is 2.26 bits per heavy atom. The van der Waals surface area contributed by atoms with E-state index < -0.39 is 5.97 Å². The second-order valence-electron chi connectivity index (χ2n) is 5.69. The largest absolute Gasteiger partial charge is 0.478 e. The minimum atomic E-state index is -1.10. The smallest absolute Gasteiger partial charge is 0.338 e. The van der Waals surface area contributed by atoms with Crippen LogP contribution < -0.4 is 0 Å². The van der Waals surface area contributed by atoms with Crippen molar-refractivity contribution in [2.24, 2.45) is 0 Å². The number of aryl methyl sites for hydroxylation is 3. The molecule has 1 aliphatic rings. The molecule has 0 fully saturated rings. The van der Waals surface area contributed by atoms with Crippen LogP contribution in [0.4, 0.5) is 0 Å². The van der Waals surface area contributed by atoms with Gasteiger partial charge in [-0.1, -0.05) is 11.6 Å². The lowest BCUT2D eigenvalue weighted by atomic mass is 10.2. The molecule has 3 aromatic heterocycles. The van der Waals surface area contributed by atoms with Crippen LogP contribution in [0, 0.1) is 6.92 Å². The average Bonchev–Trinajstić information content (AvgIpc) is 3.13. The number of aromatic carboxylic acids is 1. The summed E-state index contributed by atoms with van der Waals surface area (Å²) in [6.07, 6.45) is 3.47. The fraction of sp³-hybridized carbons (Fsp3) is 0.333. The number of carboxylic acids is 1. The molecule has 0 aromatic carbocycles. The predicted molar refractivity (Wildman–Crippen MR) is 83.9 cm³/mol. The van der Waals surface area contributed by atoms with Gasteiger partial charge < -0.3 is 5.11 Å². The first-order chi connectivity index (χ1) is 11.0. The molecule has 3 aromatic rings. The van der Waals surface area contributed by atoms with Gasteiger partial charge in [-0.05, 0) is 25.8 Å². The Morgan fingerprint density at radius 1 is 1.43 bits per heavy atom. The molecule has 0 unspecified atom stereocenters. The Kier molecular flexibility index (Phi) is 3.12. The molecular weight excluding hydrogens is 318 g/mol. The number of nitrogens with zero attached hydrogens (tertiary/aromatic N) is 5. The second kappa shape index (κ2) is 5.06. The first-order valence-electron chi connectivity index (χ1n) is 7.35. The standard InChI is InChI=1S/C15H14ClN5O2/c1-8-12-13(16)11(15(22)23)6-17-14(12)21(18-8)7-9-5-10-3-2-4-20(10)19-9/h5-6H,2-4,7H2,1H3,(H,22,23). The van der Waals surface area contributed by atoms with Gasteiger partial charge >= 0.3 is 5.97 Å². The van der Waals surface area contributed by atoms with E-state index in [-0.39, 0.29) is 10.6 Å². The molecule has 1 aliphatic heterocycles. The van der Waals surface area contributed by atoms with Crippen molar-refractivity contribution in [3.8, 4) is 0 Å². The van der Waals surface area contributed by atoms with E-state index in [4.69, 9.17) is 16.7 Å². The van der Waals surface area contributed by atoms with Gasteiger partial charge in [0.15, 0.2) is 5.65 Å². The minimum Gasteiger partial charge on any atom is -0.478 e. The third kappa shape index (κ3) is 2.19. The molecule has 8 heteroatoms. The van der Waals surface area contributed by atoms with Gasteiger partial charge in [0, 0.05) is 18.4 Å². The highest BCUT2D eigenvalue weighted by molar-refractivity contribution is 6.38. The predicted octanol–water partition coefficient (Wildman–Crippen LogP) is 2.28. The van der Waals surface area contributed by atoms with E-state index in [0.29, 0.717) is 23.3 Å². The number of pyridine rings is 1. The van der Waals surface area contributed by atoms with Gasteiger partial charge in [-0.15, -0.1) is 0 Å². The number of fused-ring (bicyclic) bond motifs is 2. The van der Waals surface area contributed by atoms with Crippen molar-refractivity contribution in [3.63, 3.8) is 0 Å². The highest BCUT2D eigenvalue weighted by Crippen LogP contribution is 2.29. The molecule has 4 rings (SSSR count). The molecular formula is C15H14ClN5O2. The van der Waals surface area contributed by atoms with Crippen LogP contribution >= 0.6 is 11.6 Å². The molecule has 0 amide bonds. The molecule has 0 aliphatic carbocycles. The summed E-state index contributed by atoms with van der Waals surface area (Å²) in [7, 11) is 0. The summed E-state index contributed by atoms with van der Waals surface area (Å²) in [4.78, 5) is 15.4. The van der Waals surface area contributed by atoms with Crippen molar-refractivity contribution < 1.29 is 9.90 Å². The summed E-state index contributed by atoms with van der Waals surface area (Å²) in [5.74, 6) is -1.10. The lowest BCUT2D eigenvalue weighted by Crippen LogP contribution is -2.05. The number of hydrogen-bond donors (Lipinski definition) is 1. The quantitative estimate of drug-likeness (QED) is 0.795. The van der Waals surface area contributed by atoms with Crippen LogP contribution in [0.5, 0.6) is 0 Å². The molecule has 1 N–H and O–H groups in total. The molecule has 0 radical (unpaired) electrons. The van der Waals surface area contributed by atoms with Gasteiger partial charge in [0.25, 0.3) is 0 Å². The maximum atomic E-state index is 11.2. The molecule has 0 saturated carbocycles. The van der Waals surface area contributed by atoms with Crippen LogP contribution in [0.15, 0.2) is 12.3 Å². The van der Waals surface area contributed by atoms with Crippen LogP contribution in [-0.4, -0.2) is 35.6 Å². The van der Waals surface area contributed by atoms with Gasteiger partial charge in [0.1, 0.15) is 0 Å². The summed E-state index contributed by atoms with van der Waals surface area (Å²) < 4.78 is 3.75. The van der Waals surface area contributed by atoms with E-state index in [1.165, 1.54) is 11.9 Å². The molecule has 4 heterocycles. The number of carbonyl (C=O) groups is 1. The Morgan fingerprint density at radius 3 is 3.00 bits per heavy atom. The van der Waals surface area contributed by atoms with Gasteiger partial charge in [-0.3, -0.25) is 4.68 Å². The van der Waals surface area contributed by atoms with Crippen LogP contribution in [-0.2, 0) is 19.5 Å². The van der Waals surface area contributed by atoms with Crippen molar-refractivity contribution in [2.75, 3.05) is 0 Å². The Labute approximate surface area is 136 Å². The lowest BCUT2D eigenvalue weighted by molar-refractivity contribution is 0.0697. The molecule has 0 saturated heterocycles. The molecule has 0 bridgehead atoms. The molecule has 0 spiro atoms. The SMILES string of the molecule is Cc1nn(Cc2cc3n(n2)CCC3)c2ncc(C(=O)O)c(Cl)c12. The van der Waals surface area contributed by atoms with E-state index in [2.05, 4.69) is 21.2 Å². The van der Waals surface area contributed by atoms with Crippen LogP contribution in [0.2, 0.25) is 5.02 Å². The highest BCUT2D eigenvalue weighted by Gasteiger charge is 2.20. The van der Waals surface area contributed by atoms with Crippen LogP contribution in [0.25, 0.3) is 11.0 Å². The number of hydrogen-bond acceptors (Lipinski definition) is 4. The minimum absolute atomic E-state index is 0.0113. The van der Waals surface area contributed by atoms with Crippen molar-refractivity contribution >= 4 is 28.6 Å². The van der Waals surface area contributed by atoms with E-state index in [1.807, 2.05) is 4.68 Å². The zero-order valence-corrected chi connectivity index (χ0v) is 13.2. The van der Waals surface area contributed by atoms with Gasteiger partial charge in [0.2, 0.25) is 0 Å². The Balaban J connectivity index is 1.78. The van der Waals surface area contributed by atoms with Crippen molar-refractivity contribution in [3.05, 3.63) is 39.9 Å². The fourth-order valence-corrected chi connectivity index (χ4v) is 3.44. The third-order valence-corrected chi connectivity index (χ3v) is 4.52. The number of halogens is 1. The van der Waals surface area contributed by atoms with Gasteiger partial charge in [0.05, 0.1) is 33.9 Å². The summed E-state index contributed by atoms with van der Waals surface area (Å²) >= 11 is 6.23. The van der Waals surface area contributed by atoms with E-state index in [9.17, 15) is 4.79 Å². The average molecular weight is 332 g/mol. The summed E-state index contributed by atoms with van der Waals surface area (Å²) in [6.45, 7) is 3.24. The monoisotopic (exact) mass is 331 g/mol. The molecule has 7 nitrogen and oxygen atoms in total. The zero-order valence-electron chi connectivity index (χ0n) is 12.5. The van der Waals surface area contributed by atoms with E-state index in [1.54, 1.807) is 11.6 Å². The Hall–Kier alpha value is -2.41. The maximum absolute atomic E-state index is 11.2. The second-order valence-corrected chi connectivity index (χ2v) is 6.06. The first kappa shape index (κ1) is 14.2.